The number of benzene rings is 1. The summed E-state index contributed by atoms with van der Waals surface area (Å²) in [7, 11) is 1.39. The second-order valence-electron chi connectivity index (χ2n) is 9.29. The third-order valence-corrected chi connectivity index (χ3v) is 6.53. The van der Waals surface area contributed by atoms with Crippen molar-refractivity contribution >= 4 is 23.0 Å². The molecule has 0 radical (unpaired) electrons. The third-order valence-electron chi connectivity index (χ3n) is 6.53. The number of aromatic nitrogens is 4. The zero-order valence-corrected chi connectivity index (χ0v) is 21.6. The molecule has 3 heterocycles. The number of nitrogens with zero attached hydrogens (tertiary/aromatic N) is 4. The van der Waals surface area contributed by atoms with Gasteiger partial charge >= 0.3 is 17.7 Å². The standard InChI is InChI=1S/C26H36N6O5/c1-3-4-15-36-25-29-23(27)22-24(30-25)32(26(34)28-22)12-6-11-31-13-9-19(10-14-31)37-20-8-5-7-18(16-20)17-21(33)35-2/h5,7-8,16,19H,3-4,6,9-15,17H2,1-2H3,(H,28,34)(H2,27,29,30). The van der Waals surface area contributed by atoms with Crippen LogP contribution in [0.2, 0.25) is 0 Å². The number of aryl methyl sites for hydroxylation is 1. The van der Waals surface area contributed by atoms with Crippen LogP contribution >= 0.6 is 0 Å². The van der Waals surface area contributed by atoms with Gasteiger partial charge in [0.25, 0.3) is 0 Å². The average molecular weight is 513 g/mol. The molecule has 4 rings (SSSR count). The number of hydrogen-bond donors (Lipinski definition) is 2. The van der Waals surface area contributed by atoms with Crippen molar-refractivity contribution < 1.29 is 19.0 Å². The molecule has 2 aromatic heterocycles. The summed E-state index contributed by atoms with van der Waals surface area (Å²) in [5.41, 5.74) is 7.59. The Kier molecular flexibility index (Phi) is 8.99. The first-order valence-electron chi connectivity index (χ1n) is 12.9. The fraction of sp³-hybridized carbons (Fsp3) is 0.538. The molecular formula is C26H36N6O5. The van der Waals surface area contributed by atoms with Crippen LogP contribution in [0.25, 0.3) is 11.2 Å². The second-order valence-corrected chi connectivity index (χ2v) is 9.29. The summed E-state index contributed by atoms with van der Waals surface area (Å²) in [5.74, 6) is 0.722. The van der Waals surface area contributed by atoms with Crippen molar-refractivity contribution in [2.75, 3.05) is 39.1 Å². The SMILES string of the molecule is CCCCOc1nc(N)c2[nH]c(=O)n(CCCN3CCC(Oc4cccc(CC(=O)OC)c4)CC3)c2n1. The molecule has 3 aromatic rings. The van der Waals surface area contributed by atoms with Crippen molar-refractivity contribution in [1.29, 1.82) is 0 Å². The molecule has 1 saturated heterocycles. The predicted octanol–water partition coefficient (Wildman–Crippen LogP) is 2.53. The quantitative estimate of drug-likeness (QED) is 0.277. The number of rotatable bonds is 12. The first kappa shape index (κ1) is 26.5. The molecule has 11 heteroatoms. The Morgan fingerprint density at radius 3 is 2.76 bits per heavy atom. The van der Waals surface area contributed by atoms with Gasteiger partial charge in [-0.1, -0.05) is 25.5 Å². The van der Waals surface area contributed by atoms with Gasteiger partial charge < -0.3 is 29.8 Å². The van der Waals surface area contributed by atoms with E-state index in [1.165, 1.54) is 7.11 Å². The highest BCUT2D eigenvalue weighted by Crippen LogP contribution is 2.21. The molecule has 0 unspecified atom stereocenters. The van der Waals surface area contributed by atoms with Crippen LogP contribution in [0.4, 0.5) is 5.82 Å². The van der Waals surface area contributed by atoms with Gasteiger partial charge in [-0.3, -0.25) is 9.36 Å². The van der Waals surface area contributed by atoms with Crippen molar-refractivity contribution in [3.63, 3.8) is 0 Å². The lowest BCUT2D eigenvalue weighted by Crippen LogP contribution is -2.39. The van der Waals surface area contributed by atoms with Crippen LogP contribution < -0.4 is 20.9 Å². The Morgan fingerprint density at radius 2 is 2.00 bits per heavy atom. The lowest BCUT2D eigenvalue weighted by Gasteiger charge is -2.32. The monoisotopic (exact) mass is 512 g/mol. The minimum absolute atomic E-state index is 0.131. The Hall–Kier alpha value is -3.60. The normalized spacial score (nSPS) is 14.6. The van der Waals surface area contributed by atoms with E-state index in [2.05, 4.69) is 26.8 Å². The summed E-state index contributed by atoms with van der Waals surface area (Å²) in [5, 5.41) is 0. The molecule has 0 atom stereocenters. The Bertz CT molecular complexity index is 1250. The number of hydrogen-bond acceptors (Lipinski definition) is 9. The first-order chi connectivity index (χ1) is 18.0. The van der Waals surface area contributed by atoms with Crippen molar-refractivity contribution in [3.8, 4) is 11.8 Å². The average Bonchev–Trinajstić information content (AvgIpc) is 3.21. The van der Waals surface area contributed by atoms with E-state index in [1.54, 1.807) is 4.57 Å². The van der Waals surface area contributed by atoms with Gasteiger partial charge in [-0.2, -0.15) is 9.97 Å². The maximum absolute atomic E-state index is 12.5. The molecule has 0 bridgehead atoms. The van der Waals surface area contributed by atoms with Crippen molar-refractivity contribution in [3.05, 3.63) is 40.3 Å². The lowest BCUT2D eigenvalue weighted by molar-refractivity contribution is -0.139. The van der Waals surface area contributed by atoms with Crippen LogP contribution in [0.15, 0.2) is 29.1 Å². The van der Waals surface area contributed by atoms with Gasteiger partial charge in [-0.05, 0) is 49.9 Å². The number of aromatic amines is 1. The maximum atomic E-state index is 12.5. The molecule has 3 N–H and O–H groups in total. The van der Waals surface area contributed by atoms with Crippen LogP contribution in [0.3, 0.4) is 0 Å². The van der Waals surface area contributed by atoms with E-state index in [4.69, 9.17) is 19.9 Å². The number of H-pyrrole nitrogens is 1. The summed E-state index contributed by atoms with van der Waals surface area (Å²) in [4.78, 5) is 37.8. The Labute approximate surface area is 215 Å². The van der Waals surface area contributed by atoms with Gasteiger partial charge in [-0.15, -0.1) is 0 Å². The second kappa shape index (κ2) is 12.6. The lowest BCUT2D eigenvalue weighted by atomic mass is 10.1. The number of ether oxygens (including phenoxy) is 3. The number of imidazole rings is 1. The topological polar surface area (TPSA) is 138 Å². The predicted molar refractivity (Wildman–Crippen MR) is 140 cm³/mol. The van der Waals surface area contributed by atoms with Crippen LogP contribution in [-0.2, 0) is 22.5 Å². The fourth-order valence-corrected chi connectivity index (χ4v) is 4.47. The van der Waals surface area contributed by atoms with E-state index in [0.29, 0.717) is 24.3 Å². The number of methoxy groups -OCH3 is 1. The first-order valence-corrected chi connectivity index (χ1v) is 12.9. The summed E-state index contributed by atoms with van der Waals surface area (Å²) >= 11 is 0. The number of esters is 1. The highest BCUT2D eigenvalue weighted by molar-refractivity contribution is 5.81. The van der Waals surface area contributed by atoms with Crippen molar-refractivity contribution in [2.45, 2.75) is 58.1 Å². The molecule has 1 aliphatic heterocycles. The largest absolute Gasteiger partial charge is 0.490 e. The molecule has 0 saturated carbocycles. The van der Waals surface area contributed by atoms with E-state index in [0.717, 1.165) is 63.1 Å². The van der Waals surface area contributed by atoms with Gasteiger partial charge in [0, 0.05) is 19.6 Å². The molecule has 37 heavy (non-hydrogen) atoms. The van der Waals surface area contributed by atoms with Crippen molar-refractivity contribution in [1.82, 2.24) is 24.4 Å². The molecule has 1 fully saturated rings. The van der Waals surface area contributed by atoms with Crippen LogP contribution in [-0.4, -0.2) is 69.8 Å². The van der Waals surface area contributed by atoms with Gasteiger partial charge in [0.05, 0.1) is 20.1 Å². The zero-order valence-electron chi connectivity index (χ0n) is 21.6. The van der Waals surface area contributed by atoms with Crippen LogP contribution in [0, 0.1) is 0 Å². The van der Waals surface area contributed by atoms with Crippen LogP contribution in [0.1, 0.15) is 44.6 Å². The number of unbranched alkanes of at least 4 members (excludes halogenated alkanes) is 1. The number of nitrogens with one attached hydrogen (secondary N) is 1. The van der Waals surface area contributed by atoms with Crippen LogP contribution in [0.5, 0.6) is 11.8 Å². The summed E-state index contributed by atoms with van der Waals surface area (Å²) in [6.07, 6.45) is 4.88. The molecule has 1 aliphatic rings. The molecule has 11 nitrogen and oxygen atoms in total. The third kappa shape index (κ3) is 7.00. The molecule has 0 spiro atoms. The summed E-state index contributed by atoms with van der Waals surface area (Å²) in [6, 6.07) is 7.81. The molecular weight excluding hydrogens is 476 g/mol. The number of likely N-dealkylation sites (tertiary alicyclic amines) is 1. The summed E-state index contributed by atoms with van der Waals surface area (Å²) < 4.78 is 18.1. The van der Waals surface area contributed by atoms with E-state index < -0.39 is 0 Å². The fourth-order valence-electron chi connectivity index (χ4n) is 4.47. The molecule has 0 aliphatic carbocycles. The maximum Gasteiger partial charge on any atom is 0.327 e. The number of piperidine rings is 1. The number of carbonyl (C=O) groups excluding carboxylic acids is 1. The minimum Gasteiger partial charge on any atom is -0.490 e. The van der Waals surface area contributed by atoms with E-state index in [9.17, 15) is 9.59 Å². The van der Waals surface area contributed by atoms with E-state index in [1.807, 2.05) is 24.3 Å². The van der Waals surface area contributed by atoms with E-state index >= 15 is 0 Å². The van der Waals surface area contributed by atoms with E-state index in [-0.39, 0.29) is 36.0 Å². The molecule has 1 aromatic carbocycles. The molecule has 200 valence electrons. The highest BCUT2D eigenvalue weighted by Gasteiger charge is 2.21. The minimum atomic E-state index is -0.267. The number of fused-ring (bicyclic) bond motifs is 1. The van der Waals surface area contributed by atoms with Gasteiger partial charge in [0.1, 0.15) is 17.4 Å². The zero-order chi connectivity index (χ0) is 26.2. The van der Waals surface area contributed by atoms with Gasteiger partial charge in [0.2, 0.25) is 0 Å². The molecule has 0 amide bonds. The number of carbonyl (C=O) groups is 1. The smallest absolute Gasteiger partial charge is 0.327 e. The number of anilines is 1. The van der Waals surface area contributed by atoms with Gasteiger partial charge in [0.15, 0.2) is 11.5 Å². The number of nitrogens with two attached hydrogens (primary N) is 1. The summed E-state index contributed by atoms with van der Waals surface area (Å²) in [6.45, 7) is 5.80. The van der Waals surface area contributed by atoms with Crippen molar-refractivity contribution in [2.24, 2.45) is 0 Å². The number of nitrogen functional groups attached to an aromatic ring is 1. The highest BCUT2D eigenvalue weighted by atomic mass is 16.5. The Morgan fingerprint density at radius 1 is 1.19 bits per heavy atom. The van der Waals surface area contributed by atoms with Gasteiger partial charge in [-0.25, -0.2) is 4.79 Å². The Balaban J connectivity index is 1.27.